The summed E-state index contributed by atoms with van der Waals surface area (Å²) in [5, 5.41) is 0.485. The van der Waals surface area contributed by atoms with Gasteiger partial charge in [-0.3, -0.25) is 0 Å². The van der Waals surface area contributed by atoms with Gasteiger partial charge in [0.25, 0.3) is 0 Å². The Labute approximate surface area is 128 Å². The highest BCUT2D eigenvalue weighted by atomic mass is 127. The standard InChI is InChI=1S/C14H11ClF2IN/c1-7-2-4-10(16)12(13(7)17)14(19)9-6-8(15)3-5-11(9)18/h2-6,14H,19H2,1H3. The molecule has 1 nitrogen and oxygen atoms in total. The van der Waals surface area contributed by atoms with Gasteiger partial charge >= 0.3 is 0 Å². The minimum Gasteiger partial charge on any atom is -0.320 e. The normalized spacial score (nSPS) is 12.5. The van der Waals surface area contributed by atoms with Crippen molar-refractivity contribution in [2.24, 2.45) is 5.73 Å². The molecule has 0 aliphatic rings. The first kappa shape index (κ1) is 14.7. The Kier molecular flexibility index (Phi) is 4.43. The summed E-state index contributed by atoms with van der Waals surface area (Å²) in [6.07, 6.45) is 0. The summed E-state index contributed by atoms with van der Waals surface area (Å²) in [5.41, 5.74) is 6.86. The van der Waals surface area contributed by atoms with E-state index in [0.717, 1.165) is 3.57 Å². The monoisotopic (exact) mass is 393 g/mol. The topological polar surface area (TPSA) is 26.0 Å². The molecule has 2 aromatic carbocycles. The Morgan fingerprint density at radius 1 is 1.21 bits per heavy atom. The van der Waals surface area contributed by atoms with Gasteiger partial charge in [-0.1, -0.05) is 17.7 Å². The van der Waals surface area contributed by atoms with Gasteiger partial charge in [-0.15, -0.1) is 0 Å². The highest BCUT2D eigenvalue weighted by Gasteiger charge is 2.21. The average Bonchev–Trinajstić information content (AvgIpc) is 2.37. The fourth-order valence-corrected chi connectivity index (χ4v) is 2.72. The van der Waals surface area contributed by atoms with E-state index < -0.39 is 17.7 Å². The fourth-order valence-electron chi connectivity index (χ4n) is 1.87. The van der Waals surface area contributed by atoms with Gasteiger partial charge in [0.05, 0.1) is 6.04 Å². The molecule has 1 unspecified atom stereocenters. The van der Waals surface area contributed by atoms with Crippen LogP contribution in [-0.4, -0.2) is 0 Å². The number of hydrogen-bond acceptors (Lipinski definition) is 1. The summed E-state index contributed by atoms with van der Waals surface area (Å²) in [6, 6.07) is 6.85. The quantitative estimate of drug-likeness (QED) is 0.743. The Morgan fingerprint density at radius 2 is 1.89 bits per heavy atom. The third kappa shape index (κ3) is 2.90. The number of hydrogen-bond donors (Lipinski definition) is 1. The van der Waals surface area contributed by atoms with Crippen LogP contribution < -0.4 is 5.73 Å². The fraction of sp³-hybridized carbons (Fsp3) is 0.143. The molecule has 0 amide bonds. The lowest BCUT2D eigenvalue weighted by Gasteiger charge is -2.17. The van der Waals surface area contributed by atoms with Crippen LogP contribution in [0.15, 0.2) is 30.3 Å². The van der Waals surface area contributed by atoms with Crippen molar-refractivity contribution < 1.29 is 8.78 Å². The van der Waals surface area contributed by atoms with Gasteiger partial charge in [-0.25, -0.2) is 8.78 Å². The highest BCUT2D eigenvalue weighted by molar-refractivity contribution is 14.1. The van der Waals surface area contributed by atoms with Crippen LogP contribution >= 0.6 is 34.2 Å². The Morgan fingerprint density at radius 3 is 2.58 bits per heavy atom. The van der Waals surface area contributed by atoms with E-state index in [1.807, 2.05) is 0 Å². The van der Waals surface area contributed by atoms with Crippen LogP contribution in [0, 0.1) is 22.1 Å². The molecule has 2 N–H and O–H groups in total. The van der Waals surface area contributed by atoms with E-state index in [2.05, 4.69) is 22.6 Å². The number of halogens is 4. The van der Waals surface area contributed by atoms with Crippen LogP contribution in [-0.2, 0) is 0 Å². The van der Waals surface area contributed by atoms with E-state index >= 15 is 0 Å². The smallest absolute Gasteiger partial charge is 0.134 e. The number of rotatable bonds is 2. The molecule has 19 heavy (non-hydrogen) atoms. The second-order valence-electron chi connectivity index (χ2n) is 4.24. The van der Waals surface area contributed by atoms with Gasteiger partial charge in [0.1, 0.15) is 11.6 Å². The van der Waals surface area contributed by atoms with Crippen LogP contribution in [0.5, 0.6) is 0 Å². The zero-order valence-electron chi connectivity index (χ0n) is 10.1. The zero-order valence-corrected chi connectivity index (χ0v) is 13.0. The molecule has 2 rings (SSSR count). The minimum absolute atomic E-state index is 0.125. The van der Waals surface area contributed by atoms with E-state index in [1.54, 1.807) is 25.1 Å². The predicted molar refractivity (Wildman–Crippen MR) is 81.3 cm³/mol. The van der Waals surface area contributed by atoms with Crippen molar-refractivity contribution in [2.45, 2.75) is 13.0 Å². The number of nitrogens with two attached hydrogens (primary N) is 1. The minimum atomic E-state index is -0.884. The molecule has 0 radical (unpaired) electrons. The maximum absolute atomic E-state index is 14.1. The van der Waals surface area contributed by atoms with Crippen LogP contribution in [0.3, 0.4) is 0 Å². The molecule has 0 fully saturated rings. The Hall–Kier alpha value is -0.720. The van der Waals surface area contributed by atoms with Gasteiger partial charge in [-0.2, -0.15) is 0 Å². The molecule has 0 saturated carbocycles. The van der Waals surface area contributed by atoms with Gasteiger partial charge in [0.2, 0.25) is 0 Å². The molecule has 0 bridgehead atoms. The molecule has 0 aliphatic carbocycles. The van der Waals surface area contributed by atoms with Crippen LogP contribution in [0.4, 0.5) is 8.78 Å². The van der Waals surface area contributed by atoms with Gasteiger partial charge in [0, 0.05) is 14.2 Å². The molecule has 0 aliphatic heterocycles. The van der Waals surface area contributed by atoms with Gasteiger partial charge < -0.3 is 5.73 Å². The van der Waals surface area contributed by atoms with Crippen molar-refractivity contribution in [3.05, 3.63) is 67.2 Å². The van der Waals surface area contributed by atoms with E-state index in [1.165, 1.54) is 12.1 Å². The third-order valence-electron chi connectivity index (χ3n) is 2.92. The molecular weight excluding hydrogens is 383 g/mol. The van der Waals surface area contributed by atoms with Crippen molar-refractivity contribution in [1.29, 1.82) is 0 Å². The largest absolute Gasteiger partial charge is 0.320 e. The lowest BCUT2D eigenvalue weighted by molar-refractivity contribution is 0.538. The maximum atomic E-state index is 14.1. The molecule has 5 heteroatoms. The third-order valence-corrected chi connectivity index (χ3v) is 4.14. The Balaban J connectivity index is 2.59. The molecule has 1 atom stereocenters. The molecular formula is C14H11ClF2IN. The summed E-state index contributed by atoms with van der Waals surface area (Å²) >= 11 is 7.98. The SMILES string of the molecule is Cc1ccc(F)c(C(N)c2cc(Cl)ccc2I)c1F. The van der Waals surface area contributed by atoms with Gasteiger partial charge in [-0.05, 0) is 64.9 Å². The summed E-state index contributed by atoms with van der Waals surface area (Å²) < 4.78 is 28.7. The number of aryl methyl sites for hydroxylation is 1. The van der Waals surface area contributed by atoms with Crippen molar-refractivity contribution in [2.75, 3.05) is 0 Å². The second kappa shape index (κ2) is 5.73. The predicted octanol–water partition coefficient (Wildman–Crippen LogP) is 4.58. The second-order valence-corrected chi connectivity index (χ2v) is 5.83. The average molecular weight is 394 g/mol. The highest BCUT2D eigenvalue weighted by Crippen LogP contribution is 2.30. The first-order valence-corrected chi connectivity index (χ1v) is 7.02. The van der Waals surface area contributed by atoms with E-state index in [9.17, 15) is 8.78 Å². The summed E-state index contributed by atoms with van der Waals surface area (Å²) in [7, 11) is 0. The van der Waals surface area contributed by atoms with Crippen LogP contribution in [0.2, 0.25) is 5.02 Å². The summed E-state index contributed by atoms with van der Waals surface area (Å²) in [5.74, 6) is -1.25. The van der Waals surface area contributed by atoms with E-state index in [4.69, 9.17) is 17.3 Å². The van der Waals surface area contributed by atoms with Crippen molar-refractivity contribution in [1.82, 2.24) is 0 Å². The first-order chi connectivity index (χ1) is 8.91. The lowest BCUT2D eigenvalue weighted by atomic mass is 9.97. The maximum Gasteiger partial charge on any atom is 0.134 e. The van der Waals surface area contributed by atoms with E-state index in [-0.39, 0.29) is 5.56 Å². The molecule has 0 saturated heterocycles. The molecule has 0 spiro atoms. The summed E-state index contributed by atoms with van der Waals surface area (Å²) in [4.78, 5) is 0. The van der Waals surface area contributed by atoms with Crippen LogP contribution in [0.25, 0.3) is 0 Å². The Bertz CT molecular complexity index is 631. The molecule has 2 aromatic rings. The molecule has 100 valence electrons. The molecule has 0 aromatic heterocycles. The van der Waals surface area contributed by atoms with Crippen molar-refractivity contribution >= 4 is 34.2 Å². The number of benzene rings is 2. The molecule has 0 heterocycles. The zero-order chi connectivity index (χ0) is 14.2. The van der Waals surface area contributed by atoms with Crippen molar-refractivity contribution in [3.8, 4) is 0 Å². The lowest BCUT2D eigenvalue weighted by Crippen LogP contribution is -2.17. The van der Waals surface area contributed by atoms with E-state index in [0.29, 0.717) is 16.1 Å². The van der Waals surface area contributed by atoms with Gasteiger partial charge in [0.15, 0.2) is 0 Å². The summed E-state index contributed by atoms with van der Waals surface area (Å²) in [6.45, 7) is 1.58. The first-order valence-electron chi connectivity index (χ1n) is 5.57. The van der Waals surface area contributed by atoms with Crippen LogP contribution in [0.1, 0.15) is 22.7 Å². The van der Waals surface area contributed by atoms with Crippen molar-refractivity contribution in [3.63, 3.8) is 0 Å².